The molecule has 1 nitrogen and oxygen atoms in total. The Bertz CT molecular complexity index is 317. The van der Waals surface area contributed by atoms with Crippen LogP contribution >= 0.6 is 11.6 Å². The minimum Gasteiger partial charge on any atom is -0.312 e. The fraction of sp³-hybridized carbons (Fsp3) is 0.455. The van der Waals surface area contributed by atoms with Crippen LogP contribution in [-0.4, -0.2) is 12.4 Å². The molecule has 0 saturated carbocycles. The maximum atomic E-state index is 13.1. The summed E-state index contributed by atoms with van der Waals surface area (Å²) in [7, 11) is 0. The van der Waals surface area contributed by atoms with Crippen LogP contribution in [0.1, 0.15) is 12.5 Å². The van der Waals surface area contributed by atoms with Crippen LogP contribution in [0.25, 0.3) is 0 Å². The normalized spacial score (nSPS) is 12.8. The van der Waals surface area contributed by atoms with Gasteiger partial charge in [0.15, 0.2) is 0 Å². The highest BCUT2D eigenvalue weighted by molar-refractivity contribution is 6.18. The number of benzene rings is 1. The number of hydrogen-bond donors (Lipinski definition) is 1. The van der Waals surface area contributed by atoms with E-state index in [4.69, 9.17) is 11.6 Å². The Morgan fingerprint density at radius 2 is 2.13 bits per heavy atom. The largest absolute Gasteiger partial charge is 0.312 e. The van der Waals surface area contributed by atoms with Crippen LogP contribution in [0.5, 0.6) is 0 Å². The van der Waals surface area contributed by atoms with Crippen LogP contribution in [0, 0.1) is 17.6 Å². The average Bonchev–Trinajstić information content (AvgIpc) is 2.23. The highest BCUT2D eigenvalue weighted by atomic mass is 35.5. The van der Waals surface area contributed by atoms with Crippen molar-refractivity contribution in [3.63, 3.8) is 0 Å². The van der Waals surface area contributed by atoms with Crippen molar-refractivity contribution in [2.24, 2.45) is 5.92 Å². The lowest BCUT2D eigenvalue weighted by Gasteiger charge is -2.09. The molecule has 1 rings (SSSR count). The number of halogens is 3. The van der Waals surface area contributed by atoms with E-state index in [0.717, 1.165) is 12.1 Å². The van der Waals surface area contributed by atoms with E-state index in [9.17, 15) is 8.78 Å². The second-order valence-corrected chi connectivity index (χ2v) is 3.93. The van der Waals surface area contributed by atoms with Gasteiger partial charge in [-0.3, -0.25) is 0 Å². The van der Waals surface area contributed by atoms with Crippen LogP contribution in [0.3, 0.4) is 0 Å². The third-order valence-electron chi connectivity index (χ3n) is 2.08. The van der Waals surface area contributed by atoms with Crippen molar-refractivity contribution in [2.45, 2.75) is 13.5 Å². The minimum atomic E-state index is -0.418. The number of nitrogens with one attached hydrogen (secondary N) is 1. The van der Waals surface area contributed by atoms with Crippen LogP contribution < -0.4 is 5.32 Å². The Hall–Kier alpha value is -0.670. The summed E-state index contributed by atoms with van der Waals surface area (Å²) in [6, 6.07) is 3.45. The van der Waals surface area contributed by atoms with Gasteiger partial charge in [-0.05, 0) is 30.7 Å². The molecule has 0 fully saturated rings. The lowest BCUT2D eigenvalue weighted by molar-refractivity contribution is 0.532. The monoisotopic (exact) mass is 233 g/mol. The molecule has 0 heterocycles. The molecule has 84 valence electrons. The maximum Gasteiger partial charge on any atom is 0.127 e. The Balaban J connectivity index is 2.46. The second kappa shape index (κ2) is 6.03. The zero-order chi connectivity index (χ0) is 11.3. The summed E-state index contributed by atoms with van der Waals surface area (Å²) >= 11 is 5.62. The Labute approximate surface area is 93.4 Å². The zero-order valence-electron chi connectivity index (χ0n) is 8.56. The molecule has 0 aliphatic carbocycles. The molecule has 0 radical (unpaired) electrons. The van der Waals surface area contributed by atoms with Crippen molar-refractivity contribution >= 4 is 11.6 Å². The predicted molar refractivity (Wildman–Crippen MR) is 57.9 cm³/mol. The topological polar surface area (TPSA) is 12.0 Å². The molecule has 0 amide bonds. The molecule has 0 bridgehead atoms. The van der Waals surface area contributed by atoms with Crippen molar-refractivity contribution in [2.75, 3.05) is 12.4 Å². The van der Waals surface area contributed by atoms with Gasteiger partial charge in [0, 0.05) is 18.0 Å². The van der Waals surface area contributed by atoms with Crippen LogP contribution in [-0.2, 0) is 6.54 Å². The third kappa shape index (κ3) is 4.14. The first-order chi connectivity index (χ1) is 7.13. The van der Waals surface area contributed by atoms with E-state index in [-0.39, 0.29) is 5.82 Å². The van der Waals surface area contributed by atoms with Gasteiger partial charge in [-0.25, -0.2) is 8.78 Å². The first kappa shape index (κ1) is 12.4. The molecule has 15 heavy (non-hydrogen) atoms. The van der Waals surface area contributed by atoms with Gasteiger partial charge >= 0.3 is 0 Å². The highest BCUT2D eigenvalue weighted by Gasteiger charge is 2.04. The summed E-state index contributed by atoms with van der Waals surface area (Å²) < 4.78 is 25.9. The lowest BCUT2D eigenvalue weighted by atomic mass is 10.2. The molecule has 0 aromatic heterocycles. The van der Waals surface area contributed by atoms with Crippen LogP contribution in [0.4, 0.5) is 8.78 Å². The SMILES string of the molecule is CC(CCl)CNCc1cc(F)ccc1F. The van der Waals surface area contributed by atoms with Gasteiger partial charge in [0.25, 0.3) is 0 Å². The quantitative estimate of drug-likeness (QED) is 0.772. The van der Waals surface area contributed by atoms with Crippen molar-refractivity contribution in [1.82, 2.24) is 5.32 Å². The third-order valence-corrected chi connectivity index (χ3v) is 2.61. The van der Waals surface area contributed by atoms with Gasteiger partial charge in [0.2, 0.25) is 0 Å². The molecule has 1 aromatic carbocycles. The number of hydrogen-bond acceptors (Lipinski definition) is 1. The molecule has 0 saturated heterocycles. The predicted octanol–water partition coefficient (Wildman–Crippen LogP) is 2.93. The molecule has 1 aromatic rings. The van der Waals surface area contributed by atoms with Gasteiger partial charge in [-0.1, -0.05) is 6.92 Å². The van der Waals surface area contributed by atoms with E-state index in [2.05, 4.69) is 5.32 Å². The van der Waals surface area contributed by atoms with Crippen LogP contribution in [0.2, 0.25) is 0 Å². The molecule has 4 heteroatoms. The zero-order valence-corrected chi connectivity index (χ0v) is 9.32. The Morgan fingerprint density at radius 1 is 1.40 bits per heavy atom. The van der Waals surface area contributed by atoms with E-state index in [1.165, 1.54) is 6.07 Å². The lowest BCUT2D eigenvalue weighted by Crippen LogP contribution is -2.22. The summed E-state index contributed by atoms with van der Waals surface area (Å²) in [6.45, 7) is 3.01. The molecule has 1 atom stereocenters. The molecule has 1 N–H and O–H groups in total. The van der Waals surface area contributed by atoms with Gasteiger partial charge in [0.1, 0.15) is 11.6 Å². The fourth-order valence-corrected chi connectivity index (χ4v) is 1.30. The molecule has 1 unspecified atom stereocenters. The number of alkyl halides is 1. The van der Waals surface area contributed by atoms with Gasteiger partial charge in [-0.15, -0.1) is 11.6 Å². The molecular weight excluding hydrogens is 220 g/mol. The van der Waals surface area contributed by atoms with Gasteiger partial charge in [0.05, 0.1) is 0 Å². The van der Waals surface area contributed by atoms with Gasteiger partial charge < -0.3 is 5.32 Å². The summed E-state index contributed by atoms with van der Waals surface area (Å²) in [5.74, 6) is 0.0721. The van der Waals surface area contributed by atoms with E-state index in [1.807, 2.05) is 6.92 Å². The minimum absolute atomic E-state index is 0.322. The molecule has 0 aliphatic rings. The summed E-state index contributed by atoms with van der Waals surface area (Å²) in [4.78, 5) is 0. The fourth-order valence-electron chi connectivity index (χ4n) is 1.19. The van der Waals surface area contributed by atoms with Crippen molar-refractivity contribution < 1.29 is 8.78 Å². The van der Waals surface area contributed by atoms with Crippen molar-refractivity contribution in [3.8, 4) is 0 Å². The second-order valence-electron chi connectivity index (χ2n) is 3.63. The number of rotatable bonds is 5. The van der Waals surface area contributed by atoms with Crippen molar-refractivity contribution in [3.05, 3.63) is 35.4 Å². The first-order valence-corrected chi connectivity index (χ1v) is 5.37. The maximum absolute atomic E-state index is 13.1. The first-order valence-electron chi connectivity index (χ1n) is 4.84. The van der Waals surface area contributed by atoms with E-state index in [1.54, 1.807) is 0 Å². The smallest absolute Gasteiger partial charge is 0.127 e. The Kier molecular flexibility index (Phi) is 4.99. The van der Waals surface area contributed by atoms with Crippen LogP contribution in [0.15, 0.2) is 18.2 Å². The highest BCUT2D eigenvalue weighted by Crippen LogP contribution is 2.09. The van der Waals surface area contributed by atoms with Gasteiger partial charge in [-0.2, -0.15) is 0 Å². The average molecular weight is 234 g/mol. The molecule has 0 spiro atoms. The summed E-state index contributed by atoms with van der Waals surface area (Å²) in [5, 5.41) is 3.03. The summed E-state index contributed by atoms with van der Waals surface area (Å²) in [6.07, 6.45) is 0. The van der Waals surface area contributed by atoms with E-state index >= 15 is 0 Å². The molecule has 0 aliphatic heterocycles. The molecular formula is C11H14ClF2N. The van der Waals surface area contributed by atoms with E-state index < -0.39 is 5.82 Å². The Morgan fingerprint density at radius 3 is 2.80 bits per heavy atom. The van der Waals surface area contributed by atoms with E-state index in [0.29, 0.717) is 30.5 Å². The summed E-state index contributed by atoms with van der Waals surface area (Å²) in [5.41, 5.74) is 0.344. The van der Waals surface area contributed by atoms with Crippen molar-refractivity contribution in [1.29, 1.82) is 0 Å². The standard InChI is InChI=1S/C11H14ClF2N/c1-8(5-12)6-15-7-9-4-10(13)2-3-11(9)14/h2-4,8,15H,5-7H2,1H3.